The first-order chi connectivity index (χ1) is 14.6. The summed E-state index contributed by atoms with van der Waals surface area (Å²) in [5.74, 6) is 1.32. The molecule has 156 valence electrons. The summed E-state index contributed by atoms with van der Waals surface area (Å²) in [5.41, 5.74) is 3.97. The summed E-state index contributed by atoms with van der Waals surface area (Å²) in [6.45, 7) is 2.66. The summed E-state index contributed by atoms with van der Waals surface area (Å²) < 4.78 is 10.7. The Balaban J connectivity index is 1.69. The molecule has 0 radical (unpaired) electrons. The largest absolute Gasteiger partial charge is 0.493 e. The van der Waals surface area contributed by atoms with Gasteiger partial charge in [0.05, 0.1) is 14.2 Å². The Bertz CT molecular complexity index is 956. The summed E-state index contributed by atoms with van der Waals surface area (Å²) >= 11 is 0. The molecule has 0 saturated carbocycles. The number of benzene rings is 3. The Kier molecular flexibility index (Phi) is 7.46. The van der Waals surface area contributed by atoms with Gasteiger partial charge in [-0.2, -0.15) is 0 Å². The van der Waals surface area contributed by atoms with Crippen LogP contribution in [0.25, 0.3) is 0 Å². The molecule has 0 fully saturated rings. The first-order valence-corrected chi connectivity index (χ1v) is 9.97. The lowest BCUT2D eigenvalue weighted by atomic mass is 10.0. The van der Waals surface area contributed by atoms with E-state index in [1.54, 1.807) is 14.2 Å². The number of hydrogen-bond donors (Lipinski definition) is 2. The first kappa shape index (κ1) is 21.4. The fourth-order valence-corrected chi connectivity index (χ4v) is 3.26. The lowest BCUT2D eigenvalue weighted by molar-refractivity contribution is -0.118. The molecule has 0 bridgehead atoms. The van der Waals surface area contributed by atoms with E-state index in [-0.39, 0.29) is 5.91 Å². The Hall–Kier alpha value is -3.31. The zero-order valence-electron chi connectivity index (χ0n) is 17.6. The molecule has 0 saturated heterocycles. The van der Waals surface area contributed by atoms with Crippen LogP contribution >= 0.6 is 0 Å². The monoisotopic (exact) mass is 404 g/mol. The maximum absolute atomic E-state index is 13.0. The van der Waals surface area contributed by atoms with E-state index in [0.29, 0.717) is 18.0 Å². The van der Waals surface area contributed by atoms with E-state index in [4.69, 9.17) is 9.47 Å². The van der Waals surface area contributed by atoms with E-state index >= 15 is 0 Å². The second-order valence-electron chi connectivity index (χ2n) is 7.09. The molecule has 0 aliphatic carbocycles. The standard InChI is InChI=1S/C25H28N2O3/c1-18-9-12-21(13-10-18)27-25(28)24(20-7-5-4-6-8-20)26-16-15-19-11-14-22(29-2)23(17-19)30-3/h4-14,17,24,26H,15-16H2,1-3H3,(H,27,28). The molecule has 0 aliphatic rings. The first-order valence-electron chi connectivity index (χ1n) is 9.97. The Morgan fingerprint density at radius 1 is 0.900 bits per heavy atom. The van der Waals surface area contributed by atoms with Crippen LogP contribution in [-0.2, 0) is 11.2 Å². The molecule has 0 aromatic heterocycles. The van der Waals surface area contributed by atoms with Crippen molar-refractivity contribution >= 4 is 11.6 Å². The normalized spacial score (nSPS) is 11.6. The van der Waals surface area contributed by atoms with Crippen LogP contribution in [-0.4, -0.2) is 26.7 Å². The van der Waals surface area contributed by atoms with E-state index in [2.05, 4.69) is 10.6 Å². The second-order valence-corrected chi connectivity index (χ2v) is 7.09. The van der Waals surface area contributed by atoms with E-state index < -0.39 is 6.04 Å². The van der Waals surface area contributed by atoms with Crippen molar-refractivity contribution in [2.24, 2.45) is 0 Å². The molecule has 1 amide bonds. The Morgan fingerprint density at radius 2 is 1.60 bits per heavy atom. The average Bonchev–Trinajstić information content (AvgIpc) is 2.78. The van der Waals surface area contributed by atoms with Crippen molar-refractivity contribution < 1.29 is 14.3 Å². The summed E-state index contributed by atoms with van der Waals surface area (Å²) in [6.07, 6.45) is 0.751. The summed E-state index contributed by atoms with van der Waals surface area (Å²) in [4.78, 5) is 13.0. The summed E-state index contributed by atoms with van der Waals surface area (Å²) in [6, 6.07) is 23.0. The molecule has 5 heteroatoms. The predicted molar refractivity (Wildman–Crippen MR) is 120 cm³/mol. The van der Waals surface area contributed by atoms with Gasteiger partial charge in [0.25, 0.3) is 0 Å². The molecule has 1 atom stereocenters. The Labute approximate surface area is 178 Å². The van der Waals surface area contributed by atoms with Crippen LogP contribution in [0.5, 0.6) is 11.5 Å². The molecule has 3 aromatic rings. The number of aryl methyl sites for hydroxylation is 1. The number of anilines is 1. The van der Waals surface area contributed by atoms with Crippen LogP contribution < -0.4 is 20.1 Å². The zero-order chi connectivity index (χ0) is 21.3. The lowest BCUT2D eigenvalue weighted by Crippen LogP contribution is -2.34. The molecule has 2 N–H and O–H groups in total. The van der Waals surface area contributed by atoms with Crippen molar-refractivity contribution in [3.63, 3.8) is 0 Å². The van der Waals surface area contributed by atoms with Crippen LogP contribution in [0.3, 0.4) is 0 Å². The van der Waals surface area contributed by atoms with Crippen molar-refractivity contribution in [3.05, 3.63) is 89.5 Å². The van der Waals surface area contributed by atoms with Crippen LogP contribution in [0, 0.1) is 6.92 Å². The van der Waals surface area contributed by atoms with Crippen molar-refractivity contribution in [1.82, 2.24) is 5.32 Å². The van der Waals surface area contributed by atoms with Crippen LogP contribution in [0.15, 0.2) is 72.8 Å². The van der Waals surface area contributed by atoms with E-state index in [0.717, 1.165) is 28.8 Å². The van der Waals surface area contributed by atoms with Crippen LogP contribution in [0.1, 0.15) is 22.7 Å². The fraction of sp³-hybridized carbons (Fsp3) is 0.240. The smallest absolute Gasteiger partial charge is 0.246 e. The van der Waals surface area contributed by atoms with E-state index in [1.165, 1.54) is 0 Å². The highest BCUT2D eigenvalue weighted by Gasteiger charge is 2.20. The SMILES string of the molecule is COc1ccc(CCNC(C(=O)Nc2ccc(C)cc2)c2ccccc2)cc1OC. The lowest BCUT2D eigenvalue weighted by Gasteiger charge is -2.19. The zero-order valence-corrected chi connectivity index (χ0v) is 17.6. The quantitative estimate of drug-likeness (QED) is 0.550. The minimum absolute atomic E-state index is 0.0858. The number of nitrogens with one attached hydrogen (secondary N) is 2. The molecule has 0 spiro atoms. The fourth-order valence-electron chi connectivity index (χ4n) is 3.26. The van der Waals surface area contributed by atoms with Gasteiger partial charge in [-0.1, -0.05) is 54.1 Å². The number of ether oxygens (including phenoxy) is 2. The number of carbonyl (C=O) groups excluding carboxylic acids is 1. The topological polar surface area (TPSA) is 59.6 Å². The molecular weight excluding hydrogens is 376 g/mol. The van der Waals surface area contributed by atoms with Gasteiger partial charge in [-0.15, -0.1) is 0 Å². The molecule has 3 rings (SSSR count). The average molecular weight is 405 g/mol. The number of rotatable bonds is 9. The summed E-state index contributed by atoms with van der Waals surface area (Å²) in [5, 5.41) is 6.41. The van der Waals surface area contributed by atoms with Crippen LogP contribution in [0.4, 0.5) is 5.69 Å². The van der Waals surface area contributed by atoms with Crippen molar-refractivity contribution in [2.45, 2.75) is 19.4 Å². The van der Waals surface area contributed by atoms with Gasteiger partial charge in [0, 0.05) is 12.2 Å². The van der Waals surface area contributed by atoms with Gasteiger partial charge in [-0.3, -0.25) is 4.79 Å². The minimum atomic E-state index is -0.451. The maximum Gasteiger partial charge on any atom is 0.246 e. The highest BCUT2D eigenvalue weighted by Crippen LogP contribution is 2.27. The number of methoxy groups -OCH3 is 2. The van der Waals surface area contributed by atoms with Gasteiger partial charge in [0.2, 0.25) is 5.91 Å². The van der Waals surface area contributed by atoms with Crippen LogP contribution in [0.2, 0.25) is 0 Å². The molecule has 3 aromatic carbocycles. The van der Waals surface area contributed by atoms with Crippen molar-refractivity contribution in [3.8, 4) is 11.5 Å². The highest BCUT2D eigenvalue weighted by molar-refractivity contribution is 5.95. The molecule has 5 nitrogen and oxygen atoms in total. The highest BCUT2D eigenvalue weighted by atomic mass is 16.5. The van der Waals surface area contributed by atoms with E-state index in [1.807, 2.05) is 79.7 Å². The predicted octanol–water partition coefficient (Wildman–Crippen LogP) is 4.52. The van der Waals surface area contributed by atoms with Gasteiger partial charge in [0.15, 0.2) is 11.5 Å². The maximum atomic E-state index is 13.0. The molecule has 30 heavy (non-hydrogen) atoms. The number of hydrogen-bond acceptors (Lipinski definition) is 4. The van der Waals surface area contributed by atoms with Crippen molar-refractivity contribution in [2.75, 3.05) is 26.1 Å². The molecule has 1 unspecified atom stereocenters. The van der Waals surface area contributed by atoms with Gasteiger partial charge in [-0.05, 0) is 48.7 Å². The summed E-state index contributed by atoms with van der Waals surface area (Å²) in [7, 11) is 3.25. The van der Waals surface area contributed by atoms with Gasteiger partial charge >= 0.3 is 0 Å². The third-order valence-corrected chi connectivity index (χ3v) is 4.92. The number of amides is 1. The third kappa shape index (κ3) is 5.61. The van der Waals surface area contributed by atoms with Gasteiger partial charge in [-0.25, -0.2) is 0 Å². The minimum Gasteiger partial charge on any atom is -0.493 e. The van der Waals surface area contributed by atoms with Gasteiger partial charge < -0.3 is 20.1 Å². The van der Waals surface area contributed by atoms with Crippen molar-refractivity contribution in [1.29, 1.82) is 0 Å². The third-order valence-electron chi connectivity index (χ3n) is 4.92. The number of carbonyl (C=O) groups is 1. The Morgan fingerprint density at radius 3 is 2.27 bits per heavy atom. The molecule has 0 aliphatic heterocycles. The van der Waals surface area contributed by atoms with Gasteiger partial charge in [0.1, 0.15) is 6.04 Å². The molecular formula is C25H28N2O3. The van der Waals surface area contributed by atoms with E-state index in [9.17, 15) is 4.79 Å². The molecule has 0 heterocycles. The second kappa shape index (κ2) is 10.5.